The van der Waals surface area contributed by atoms with Crippen LogP contribution in [0.5, 0.6) is 5.75 Å². The van der Waals surface area contributed by atoms with Crippen LogP contribution in [-0.4, -0.2) is 63.4 Å². The van der Waals surface area contributed by atoms with Crippen LogP contribution in [0.4, 0.5) is 11.4 Å². The van der Waals surface area contributed by atoms with E-state index in [1.165, 1.54) is 13.2 Å². The van der Waals surface area contributed by atoms with E-state index >= 15 is 0 Å². The molecule has 1 heterocycles. The van der Waals surface area contributed by atoms with Gasteiger partial charge in [-0.25, -0.2) is 0 Å². The average molecular weight is 330 g/mol. The predicted octanol–water partition coefficient (Wildman–Crippen LogP) is 2.03. The maximum absolute atomic E-state index is 11.0. The van der Waals surface area contributed by atoms with E-state index in [4.69, 9.17) is 21.1 Å². The monoisotopic (exact) mass is 329 g/mol. The number of anilines is 1. The van der Waals surface area contributed by atoms with E-state index < -0.39 is 4.92 Å². The molecular weight excluding hydrogens is 310 g/mol. The molecule has 0 atom stereocenters. The van der Waals surface area contributed by atoms with Gasteiger partial charge in [-0.05, 0) is 0 Å². The predicted molar refractivity (Wildman–Crippen MR) is 85.2 cm³/mol. The van der Waals surface area contributed by atoms with Gasteiger partial charge in [0.05, 0.1) is 29.4 Å². The molecule has 1 aliphatic rings. The lowest BCUT2D eigenvalue weighted by Gasteiger charge is -2.36. The maximum Gasteiger partial charge on any atom is 0.312 e. The van der Waals surface area contributed by atoms with E-state index in [0.717, 1.165) is 38.4 Å². The van der Waals surface area contributed by atoms with Gasteiger partial charge in [-0.2, -0.15) is 0 Å². The normalized spacial score (nSPS) is 15.9. The highest BCUT2D eigenvalue weighted by Gasteiger charge is 2.23. The Kier molecular flexibility index (Phi) is 5.82. The van der Waals surface area contributed by atoms with E-state index in [0.29, 0.717) is 11.6 Å². The van der Waals surface area contributed by atoms with Gasteiger partial charge in [0.25, 0.3) is 0 Å². The SMILES string of the molecule is COCCN1CCN(c2cc(OC)c([N+](=O)[O-])cc2Cl)CC1. The molecule has 7 nitrogen and oxygen atoms in total. The van der Waals surface area contributed by atoms with Crippen molar-refractivity contribution in [3.8, 4) is 5.75 Å². The van der Waals surface area contributed by atoms with Crippen LogP contribution in [0.15, 0.2) is 12.1 Å². The van der Waals surface area contributed by atoms with Crippen molar-refractivity contribution in [3.63, 3.8) is 0 Å². The van der Waals surface area contributed by atoms with Crippen LogP contribution in [-0.2, 0) is 4.74 Å². The van der Waals surface area contributed by atoms with Crippen LogP contribution in [0.1, 0.15) is 0 Å². The maximum atomic E-state index is 11.0. The first-order chi connectivity index (χ1) is 10.6. The fourth-order valence-electron chi connectivity index (χ4n) is 2.51. The fraction of sp³-hybridized carbons (Fsp3) is 0.571. The summed E-state index contributed by atoms with van der Waals surface area (Å²) in [6, 6.07) is 3.00. The first-order valence-corrected chi connectivity index (χ1v) is 7.42. The molecule has 0 N–H and O–H groups in total. The van der Waals surface area contributed by atoms with Gasteiger partial charge in [-0.3, -0.25) is 15.0 Å². The Morgan fingerprint density at radius 2 is 1.95 bits per heavy atom. The summed E-state index contributed by atoms with van der Waals surface area (Å²) in [6.07, 6.45) is 0. The first kappa shape index (κ1) is 16.8. The highest BCUT2D eigenvalue weighted by atomic mass is 35.5. The van der Waals surface area contributed by atoms with Crippen molar-refractivity contribution in [1.29, 1.82) is 0 Å². The third-order valence-electron chi connectivity index (χ3n) is 3.77. The molecule has 1 aromatic carbocycles. The Morgan fingerprint density at radius 1 is 1.27 bits per heavy atom. The van der Waals surface area contributed by atoms with E-state index in [-0.39, 0.29) is 11.4 Å². The molecule has 122 valence electrons. The fourth-order valence-corrected chi connectivity index (χ4v) is 2.79. The van der Waals surface area contributed by atoms with Gasteiger partial charge < -0.3 is 14.4 Å². The number of nitro groups is 1. The summed E-state index contributed by atoms with van der Waals surface area (Å²) in [5, 5.41) is 11.4. The largest absolute Gasteiger partial charge is 0.490 e. The van der Waals surface area contributed by atoms with Crippen LogP contribution in [0, 0.1) is 10.1 Å². The molecule has 0 radical (unpaired) electrons. The molecular formula is C14H20ClN3O4. The van der Waals surface area contributed by atoms with Crippen molar-refractivity contribution in [2.24, 2.45) is 0 Å². The van der Waals surface area contributed by atoms with Crippen molar-refractivity contribution < 1.29 is 14.4 Å². The quantitative estimate of drug-likeness (QED) is 0.587. The molecule has 0 aliphatic carbocycles. The summed E-state index contributed by atoms with van der Waals surface area (Å²) < 4.78 is 10.2. The lowest BCUT2D eigenvalue weighted by molar-refractivity contribution is -0.385. The van der Waals surface area contributed by atoms with Crippen molar-refractivity contribution in [2.75, 3.05) is 58.5 Å². The number of hydrogen-bond acceptors (Lipinski definition) is 6. The van der Waals surface area contributed by atoms with Crippen LogP contribution in [0.2, 0.25) is 5.02 Å². The number of nitrogens with zero attached hydrogens (tertiary/aromatic N) is 3. The third kappa shape index (κ3) is 3.79. The molecule has 0 amide bonds. The zero-order valence-electron chi connectivity index (χ0n) is 12.7. The molecule has 22 heavy (non-hydrogen) atoms. The minimum Gasteiger partial charge on any atom is -0.490 e. The number of halogens is 1. The number of benzene rings is 1. The summed E-state index contributed by atoms with van der Waals surface area (Å²) in [6.45, 7) is 5.04. The van der Waals surface area contributed by atoms with Gasteiger partial charge in [-0.15, -0.1) is 0 Å². The number of piperazine rings is 1. The zero-order valence-corrected chi connectivity index (χ0v) is 13.5. The number of nitro benzene ring substituents is 1. The Hall–Kier alpha value is -1.57. The lowest BCUT2D eigenvalue weighted by Crippen LogP contribution is -2.47. The smallest absolute Gasteiger partial charge is 0.312 e. The third-order valence-corrected chi connectivity index (χ3v) is 4.07. The van der Waals surface area contributed by atoms with Gasteiger partial charge in [0.15, 0.2) is 5.75 Å². The van der Waals surface area contributed by atoms with Crippen LogP contribution >= 0.6 is 11.6 Å². The second-order valence-electron chi connectivity index (χ2n) is 5.05. The van der Waals surface area contributed by atoms with Gasteiger partial charge >= 0.3 is 5.69 Å². The molecule has 2 rings (SSSR count). The van der Waals surface area contributed by atoms with Gasteiger partial charge in [0.1, 0.15) is 0 Å². The Bertz CT molecular complexity index is 533. The summed E-state index contributed by atoms with van der Waals surface area (Å²) in [5.41, 5.74) is 0.658. The van der Waals surface area contributed by atoms with E-state index in [1.54, 1.807) is 13.2 Å². The summed E-state index contributed by atoms with van der Waals surface area (Å²) in [5.74, 6) is 0.228. The van der Waals surface area contributed by atoms with Crippen LogP contribution in [0.3, 0.4) is 0 Å². The second kappa shape index (κ2) is 7.62. The van der Waals surface area contributed by atoms with Crippen molar-refractivity contribution in [1.82, 2.24) is 4.90 Å². The van der Waals surface area contributed by atoms with Crippen LogP contribution in [0.25, 0.3) is 0 Å². The highest BCUT2D eigenvalue weighted by Crippen LogP contribution is 2.38. The minimum atomic E-state index is -0.489. The summed E-state index contributed by atoms with van der Waals surface area (Å²) >= 11 is 6.22. The lowest BCUT2D eigenvalue weighted by atomic mass is 10.2. The van der Waals surface area contributed by atoms with Crippen molar-refractivity contribution >= 4 is 23.0 Å². The average Bonchev–Trinajstić information content (AvgIpc) is 2.53. The number of ether oxygens (including phenoxy) is 2. The van der Waals surface area contributed by atoms with E-state index in [9.17, 15) is 10.1 Å². The molecule has 0 saturated carbocycles. The minimum absolute atomic E-state index is 0.116. The molecule has 0 spiro atoms. The highest BCUT2D eigenvalue weighted by molar-refractivity contribution is 6.33. The first-order valence-electron chi connectivity index (χ1n) is 7.05. The Labute approximate surface area is 134 Å². The van der Waals surface area contributed by atoms with Crippen LogP contribution < -0.4 is 9.64 Å². The van der Waals surface area contributed by atoms with Gasteiger partial charge in [-0.1, -0.05) is 11.6 Å². The molecule has 1 aliphatic heterocycles. The second-order valence-corrected chi connectivity index (χ2v) is 5.46. The Morgan fingerprint density at radius 3 is 2.50 bits per heavy atom. The molecule has 0 bridgehead atoms. The summed E-state index contributed by atoms with van der Waals surface area (Å²) in [4.78, 5) is 14.9. The molecule has 0 aromatic heterocycles. The molecule has 0 unspecified atom stereocenters. The standard InChI is InChI=1S/C14H20ClN3O4/c1-21-8-7-16-3-5-17(6-4-16)12-10-14(22-2)13(18(19)20)9-11(12)15/h9-10H,3-8H2,1-2H3. The molecule has 1 fully saturated rings. The molecule has 1 saturated heterocycles. The zero-order chi connectivity index (χ0) is 16.1. The summed E-state index contributed by atoms with van der Waals surface area (Å²) in [7, 11) is 3.11. The number of hydrogen-bond donors (Lipinski definition) is 0. The molecule has 8 heteroatoms. The topological polar surface area (TPSA) is 68.1 Å². The van der Waals surface area contributed by atoms with E-state index in [1.807, 2.05) is 0 Å². The van der Waals surface area contributed by atoms with Crippen molar-refractivity contribution in [2.45, 2.75) is 0 Å². The number of rotatable bonds is 6. The van der Waals surface area contributed by atoms with Gasteiger partial charge in [0.2, 0.25) is 0 Å². The van der Waals surface area contributed by atoms with E-state index in [2.05, 4.69) is 9.80 Å². The van der Waals surface area contributed by atoms with Crippen molar-refractivity contribution in [3.05, 3.63) is 27.3 Å². The molecule has 1 aromatic rings. The van der Waals surface area contributed by atoms with Gasteiger partial charge in [0, 0.05) is 52.0 Å². The number of methoxy groups -OCH3 is 2. The Balaban J connectivity index is 2.12.